The second-order valence-electron chi connectivity index (χ2n) is 2.67. The Morgan fingerprint density at radius 3 is 2.73 bits per heavy atom. The first kappa shape index (κ1) is 8.55. The number of rotatable bonds is 3. The number of esters is 1. The molecule has 0 heterocycles. The fourth-order valence-electron chi connectivity index (χ4n) is 1.06. The van der Waals surface area contributed by atoms with Crippen LogP contribution in [-0.2, 0) is 9.53 Å². The lowest BCUT2D eigenvalue weighted by Crippen LogP contribution is -2.15. The molecule has 0 spiro atoms. The number of carbonyl (C=O) groups excluding carboxylic acids is 1. The van der Waals surface area contributed by atoms with Crippen molar-refractivity contribution in [2.24, 2.45) is 5.92 Å². The SMILES string of the molecule is CCOC(=O)[C@@H]1C[C@@H]1B(O)O. The van der Waals surface area contributed by atoms with Crippen LogP contribution in [0.25, 0.3) is 0 Å². The zero-order chi connectivity index (χ0) is 8.43. The van der Waals surface area contributed by atoms with E-state index >= 15 is 0 Å². The van der Waals surface area contributed by atoms with E-state index in [1.165, 1.54) is 0 Å². The third-order valence-electron chi connectivity index (χ3n) is 1.81. The lowest BCUT2D eigenvalue weighted by molar-refractivity contribution is -0.144. The van der Waals surface area contributed by atoms with Crippen LogP contribution in [0.5, 0.6) is 0 Å². The molecule has 1 fully saturated rings. The first-order valence-electron chi connectivity index (χ1n) is 3.69. The van der Waals surface area contributed by atoms with E-state index in [9.17, 15) is 4.79 Å². The van der Waals surface area contributed by atoms with Gasteiger partial charge in [-0.1, -0.05) is 0 Å². The van der Waals surface area contributed by atoms with Crippen molar-refractivity contribution in [3.63, 3.8) is 0 Å². The van der Waals surface area contributed by atoms with Crippen molar-refractivity contribution in [2.45, 2.75) is 19.2 Å². The molecule has 2 N–H and O–H groups in total. The van der Waals surface area contributed by atoms with Gasteiger partial charge in [-0.05, 0) is 13.3 Å². The van der Waals surface area contributed by atoms with Crippen molar-refractivity contribution in [1.82, 2.24) is 0 Å². The predicted octanol–water partition coefficient (Wildman–Crippen LogP) is -0.588. The van der Waals surface area contributed by atoms with Crippen LogP contribution in [0.15, 0.2) is 0 Å². The molecule has 0 aromatic carbocycles. The van der Waals surface area contributed by atoms with E-state index in [4.69, 9.17) is 10.0 Å². The number of hydrogen-bond acceptors (Lipinski definition) is 4. The molecule has 0 amide bonds. The van der Waals surface area contributed by atoms with Gasteiger partial charge in [0.1, 0.15) is 0 Å². The van der Waals surface area contributed by atoms with Gasteiger partial charge in [0, 0.05) is 5.82 Å². The van der Waals surface area contributed by atoms with Crippen LogP contribution >= 0.6 is 0 Å². The van der Waals surface area contributed by atoms with Crippen LogP contribution in [0.2, 0.25) is 5.82 Å². The molecule has 1 rings (SSSR count). The predicted molar refractivity (Wildman–Crippen MR) is 38.7 cm³/mol. The van der Waals surface area contributed by atoms with E-state index in [1.807, 2.05) is 0 Å². The van der Waals surface area contributed by atoms with Crippen LogP contribution in [0.3, 0.4) is 0 Å². The smallest absolute Gasteiger partial charge is 0.455 e. The Morgan fingerprint density at radius 2 is 2.36 bits per heavy atom. The summed E-state index contributed by atoms with van der Waals surface area (Å²) in [4.78, 5) is 10.9. The van der Waals surface area contributed by atoms with Gasteiger partial charge < -0.3 is 14.8 Å². The summed E-state index contributed by atoms with van der Waals surface area (Å²) in [5.74, 6) is -0.894. The Kier molecular flexibility index (Phi) is 2.51. The monoisotopic (exact) mass is 158 g/mol. The molecule has 0 aliphatic heterocycles. The van der Waals surface area contributed by atoms with Crippen LogP contribution < -0.4 is 0 Å². The zero-order valence-corrected chi connectivity index (χ0v) is 6.36. The van der Waals surface area contributed by atoms with Gasteiger partial charge in [0.05, 0.1) is 12.5 Å². The molecule has 1 aliphatic carbocycles. The van der Waals surface area contributed by atoms with Crippen molar-refractivity contribution in [2.75, 3.05) is 6.61 Å². The molecule has 1 saturated carbocycles. The summed E-state index contributed by atoms with van der Waals surface area (Å²) in [6.07, 6.45) is 0.538. The molecular formula is C6H11BO4. The molecule has 0 aromatic rings. The second-order valence-corrected chi connectivity index (χ2v) is 2.67. The van der Waals surface area contributed by atoms with E-state index in [-0.39, 0.29) is 17.7 Å². The standard InChI is InChI=1S/C6H11BO4/c1-2-11-6(8)4-3-5(4)7(9)10/h4-5,9-10H,2-3H2,1H3/t4-,5+/m1/s1. The van der Waals surface area contributed by atoms with Crippen molar-refractivity contribution >= 4 is 13.1 Å². The van der Waals surface area contributed by atoms with Crippen molar-refractivity contribution in [3.05, 3.63) is 0 Å². The molecule has 2 atom stereocenters. The highest BCUT2D eigenvalue weighted by Crippen LogP contribution is 2.46. The molecule has 0 radical (unpaired) electrons. The van der Waals surface area contributed by atoms with Gasteiger partial charge in [0.15, 0.2) is 0 Å². The van der Waals surface area contributed by atoms with Crippen LogP contribution in [0, 0.1) is 5.92 Å². The first-order chi connectivity index (χ1) is 5.16. The summed E-state index contributed by atoms with van der Waals surface area (Å²) in [7, 11) is -1.37. The highest BCUT2D eigenvalue weighted by atomic mass is 16.5. The van der Waals surface area contributed by atoms with Crippen LogP contribution in [0.4, 0.5) is 0 Å². The molecular weight excluding hydrogens is 147 g/mol. The topological polar surface area (TPSA) is 66.8 Å². The Morgan fingerprint density at radius 1 is 1.73 bits per heavy atom. The van der Waals surface area contributed by atoms with E-state index in [0.29, 0.717) is 13.0 Å². The Labute approximate surface area is 65.3 Å². The molecule has 0 saturated heterocycles. The fraction of sp³-hybridized carbons (Fsp3) is 0.833. The molecule has 11 heavy (non-hydrogen) atoms. The Hall–Kier alpha value is -0.545. The normalized spacial score (nSPS) is 27.9. The van der Waals surface area contributed by atoms with Crippen molar-refractivity contribution in [3.8, 4) is 0 Å². The van der Waals surface area contributed by atoms with Gasteiger partial charge in [0.25, 0.3) is 0 Å². The summed E-state index contributed by atoms with van der Waals surface area (Å²) in [5.41, 5.74) is 0. The van der Waals surface area contributed by atoms with Crippen LogP contribution in [-0.4, -0.2) is 29.7 Å². The minimum absolute atomic E-state index is 0.282. The summed E-state index contributed by atoms with van der Waals surface area (Å²) < 4.78 is 4.69. The molecule has 0 aromatic heterocycles. The third kappa shape index (κ3) is 1.94. The van der Waals surface area contributed by atoms with E-state index in [1.54, 1.807) is 6.92 Å². The van der Waals surface area contributed by atoms with E-state index in [0.717, 1.165) is 0 Å². The van der Waals surface area contributed by atoms with Gasteiger partial charge in [0.2, 0.25) is 0 Å². The number of carbonyl (C=O) groups is 1. The van der Waals surface area contributed by atoms with Gasteiger partial charge in [-0.15, -0.1) is 0 Å². The minimum Gasteiger partial charge on any atom is -0.466 e. The third-order valence-corrected chi connectivity index (χ3v) is 1.81. The average molecular weight is 158 g/mol. The quantitative estimate of drug-likeness (QED) is 0.425. The molecule has 5 heteroatoms. The lowest BCUT2D eigenvalue weighted by atomic mass is 9.82. The highest BCUT2D eigenvalue weighted by molar-refractivity contribution is 6.45. The summed E-state index contributed by atoms with van der Waals surface area (Å²) in [6, 6.07) is 0. The summed E-state index contributed by atoms with van der Waals surface area (Å²) in [5, 5.41) is 17.3. The van der Waals surface area contributed by atoms with Crippen molar-refractivity contribution < 1.29 is 19.6 Å². The molecule has 62 valence electrons. The highest BCUT2D eigenvalue weighted by Gasteiger charge is 2.50. The van der Waals surface area contributed by atoms with E-state index in [2.05, 4.69) is 4.74 Å². The van der Waals surface area contributed by atoms with Gasteiger partial charge in [-0.25, -0.2) is 0 Å². The van der Waals surface area contributed by atoms with Gasteiger partial charge in [-0.2, -0.15) is 0 Å². The van der Waals surface area contributed by atoms with Crippen molar-refractivity contribution in [1.29, 1.82) is 0 Å². The van der Waals surface area contributed by atoms with E-state index < -0.39 is 7.12 Å². The largest absolute Gasteiger partial charge is 0.466 e. The second kappa shape index (κ2) is 3.23. The molecule has 4 nitrogen and oxygen atoms in total. The summed E-state index contributed by atoms with van der Waals surface area (Å²) >= 11 is 0. The summed E-state index contributed by atoms with van der Waals surface area (Å²) in [6.45, 7) is 2.08. The first-order valence-corrected chi connectivity index (χ1v) is 3.69. The average Bonchev–Trinajstić information content (AvgIpc) is 2.65. The maximum atomic E-state index is 10.9. The fourth-order valence-corrected chi connectivity index (χ4v) is 1.06. The Bertz CT molecular complexity index is 159. The molecule has 1 aliphatic rings. The minimum atomic E-state index is -1.37. The number of ether oxygens (including phenoxy) is 1. The van der Waals surface area contributed by atoms with Gasteiger partial charge >= 0.3 is 13.1 Å². The van der Waals surface area contributed by atoms with Crippen LogP contribution in [0.1, 0.15) is 13.3 Å². The maximum Gasteiger partial charge on any atom is 0.455 e. The van der Waals surface area contributed by atoms with Gasteiger partial charge in [-0.3, -0.25) is 4.79 Å². The molecule has 0 bridgehead atoms. The zero-order valence-electron chi connectivity index (χ0n) is 6.36. The lowest BCUT2D eigenvalue weighted by Gasteiger charge is -1.99. The maximum absolute atomic E-state index is 10.9. The number of hydrogen-bond donors (Lipinski definition) is 2. The Balaban J connectivity index is 2.26. The molecule has 0 unspecified atom stereocenters.